The number of carbonyl (C=O) groups excluding carboxylic acids is 1. The fraction of sp³-hybridized carbons (Fsp3) is 0.316. The highest BCUT2D eigenvalue weighted by Crippen LogP contribution is 2.19. The van der Waals surface area contributed by atoms with Gasteiger partial charge in [0.15, 0.2) is 6.10 Å². The first-order valence-corrected chi connectivity index (χ1v) is 7.64. The highest BCUT2D eigenvalue weighted by atomic mass is 16.5. The molecule has 2 aromatic carbocycles. The highest BCUT2D eigenvalue weighted by molar-refractivity contribution is 5.80. The Morgan fingerprint density at radius 1 is 1.00 bits per heavy atom. The zero-order valence-corrected chi connectivity index (χ0v) is 13.4. The van der Waals surface area contributed by atoms with Crippen LogP contribution in [0, 0.1) is 0 Å². The molecule has 22 heavy (non-hydrogen) atoms. The van der Waals surface area contributed by atoms with E-state index in [-0.39, 0.29) is 5.91 Å². The second-order valence-electron chi connectivity index (χ2n) is 5.69. The number of nitrogens with one attached hydrogen (secondary N) is 1. The summed E-state index contributed by atoms with van der Waals surface area (Å²) in [4.78, 5) is 12.1. The topological polar surface area (TPSA) is 38.3 Å². The Labute approximate surface area is 132 Å². The van der Waals surface area contributed by atoms with Crippen LogP contribution in [0.4, 0.5) is 0 Å². The fourth-order valence-electron chi connectivity index (χ4n) is 2.12. The monoisotopic (exact) mass is 297 g/mol. The van der Waals surface area contributed by atoms with E-state index in [1.54, 1.807) is 6.92 Å². The number of hydrogen-bond donors (Lipinski definition) is 1. The van der Waals surface area contributed by atoms with Gasteiger partial charge < -0.3 is 10.1 Å². The number of hydrogen-bond acceptors (Lipinski definition) is 2. The van der Waals surface area contributed by atoms with Crippen LogP contribution in [0.5, 0.6) is 5.75 Å². The van der Waals surface area contributed by atoms with Gasteiger partial charge in [0.05, 0.1) is 0 Å². The van der Waals surface area contributed by atoms with E-state index >= 15 is 0 Å². The van der Waals surface area contributed by atoms with E-state index in [2.05, 4.69) is 19.2 Å². The molecule has 1 atom stereocenters. The van der Waals surface area contributed by atoms with Crippen LogP contribution in [0.1, 0.15) is 37.8 Å². The summed E-state index contributed by atoms with van der Waals surface area (Å²) < 4.78 is 5.69. The Kier molecular flexibility index (Phi) is 5.59. The second kappa shape index (κ2) is 7.64. The molecular weight excluding hydrogens is 274 g/mol. The zero-order chi connectivity index (χ0) is 15.9. The van der Waals surface area contributed by atoms with E-state index in [1.807, 2.05) is 54.6 Å². The van der Waals surface area contributed by atoms with Gasteiger partial charge in [0, 0.05) is 6.54 Å². The molecule has 0 radical (unpaired) electrons. The molecule has 0 heterocycles. The van der Waals surface area contributed by atoms with Crippen LogP contribution in [0.15, 0.2) is 54.6 Å². The predicted molar refractivity (Wildman–Crippen MR) is 88.9 cm³/mol. The minimum absolute atomic E-state index is 0.114. The Morgan fingerprint density at radius 3 is 2.23 bits per heavy atom. The minimum Gasteiger partial charge on any atom is -0.481 e. The number of benzene rings is 2. The van der Waals surface area contributed by atoms with Crippen molar-refractivity contribution in [2.45, 2.75) is 39.3 Å². The third kappa shape index (κ3) is 4.62. The van der Waals surface area contributed by atoms with Crippen LogP contribution in [0.25, 0.3) is 0 Å². The summed E-state index contributed by atoms with van der Waals surface area (Å²) >= 11 is 0. The third-order valence-electron chi connectivity index (χ3n) is 3.54. The van der Waals surface area contributed by atoms with Crippen LogP contribution in [0.2, 0.25) is 0 Å². The molecule has 0 aliphatic heterocycles. The molecule has 2 rings (SSSR count). The van der Waals surface area contributed by atoms with Gasteiger partial charge in [-0.2, -0.15) is 0 Å². The largest absolute Gasteiger partial charge is 0.481 e. The maximum atomic E-state index is 12.1. The van der Waals surface area contributed by atoms with Gasteiger partial charge >= 0.3 is 0 Å². The maximum Gasteiger partial charge on any atom is 0.261 e. The third-order valence-corrected chi connectivity index (χ3v) is 3.54. The Hall–Kier alpha value is -2.29. The molecule has 0 bridgehead atoms. The lowest BCUT2D eigenvalue weighted by molar-refractivity contribution is -0.127. The average Bonchev–Trinajstić information content (AvgIpc) is 2.54. The quantitative estimate of drug-likeness (QED) is 0.878. The van der Waals surface area contributed by atoms with Gasteiger partial charge in [0.25, 0.3) is 5.91 Å². The second-order valence-corrected chi connectivity index (χ2v) is 5.69. The van der Waals surface area contributed by atoms with Crippen molar-refractivity contribution in [2.75, 3.05) is 0 Å². The van der Waals surface area contributed by atoms with Crippen LogP contribution in [0.3, 0.4) is 0 Å². The van der Waals surface area contributed by atoms with Gasteiger partial charge in [-0.1, -0.05) is 56.3 Å². The van der Waals surface area contributed by atoms with E-state index in [1.165, 1.54) is 5.56 Å². The van der Waals surface area contributed by atoms with Crippen LogP contribution >= 0.6 is 0 Å². The molecule has 0 saturated heterocycles. The van der Waals surface area contributed by atoms with Crippen molar-refractivity contribution < 1.29 is 9.53 Å². The maximum absolute atomic E-state index is 12.1. The molecule has 0 spiro atoms. The summed E-state index contributed by atoms with van der Waals surface area (Å²) in [5.74, 6) is 1.09. The van der Waals surface area contributed by atoms with E-state index in [0.717, 1.165) is 5.56 Å². The van der Waals surface area contributed by atoms with E-state index in [9.17, 15) is 4.79 Å². The number of amides is 1. The van der Waals surface area contributed by atoms with Crippen molar-refractivity contribution in [3.8, 4) is 5.75 Å². The molecule has 0 saturated carbocycles. The van der Waals surface area contributed by atoms with Crippen LogP contribution < -0.4 is 10.1 Å². The molecule has 0 unspecified atom stereocenters. The molecule has 3 nitrogen and oxygen atoms in total. The number of ether oxygens (including phenoxy) is 1. The molecular formula is C19H23NO2. The van der Waals surface area contributed by atoms with Crippen molar-refractivity contribution in [1.82, 2.24) is 5.32 Å². The predicted octanol–water partition coefficient (Wildman–Crippen LogP) is 3.89. The smallest absolute Gasteiger partial charge is 0.261 e. The molecule has 1 amide bonds. The molecule has 0 aromatic heterocycles. The van der Waals surface area contributed by atoms with E-state index in [4.69, 9.17) is 4.74 Å². The van der Waals surface area contributed by atoms with E-state index in [0.29, 0.717) is 18.2 Å². The van der Waals surface area contributed by atoms with Crippen LogP contribution in [-0.2, 0) is 11.3 Å². The lowest BCUT2D eigenvalue weighted by atomic mass is 10.0. The zero-order valence-electron chi connectivity index (χ0n) is 13.4. The standard InChI is InChI=1S/C19H23NO2/c1-14(2)17-9-11-18(12-10-17)22-15(3)19(21)20-13-16-7-5-4-6-8-16/h4-12,14-15H,13H2,1-3H3,(H,20,21)/t15-/m0/s1. The van der Waals surface area contributed by atoms with Crippen molar-refractivity contribution >= 4 is 5.91 Å². The summed E-state index contributed by atoms with van der Waals surface area (Å²) in [5, 5.41) is 2.88. The normalized spacial score (nSPS) is 12.0. The van der Waals surface area contributed by atoms with Gasteiger partial charge in [0.1, 0.15) is 5.75 Å². The SMILES string of the molecule is CC(C)c1ccc(O[C@@H](C)C(=O)NCc2ccccc2)cc1. The lowest BCUT2D eigenvalue weighted by Gasteiger charge is -2.15. The lowest BCUT2D eigenvalue weighted by Crippen LogP contribution is -2.35. The van der Waals surface area contributed by atoms with Gasteiger partial charge in [0.2, 0.25) is 0 Å². The molecule has 3 heteroatoms. The Morgan fingerprint density at radius 2 is 1.64 bits per heavy atom. The molecule has 1 N–H and O–H groups in total. The Bertz CT molecular complexity index is 591. The van der Waals surface area contributed by atoms with Gasteiger partial charge in [-0.25, -0.2) is 0 Å². The number of carbonyl (C=O) groups is 1. The molecule has 0 fully saturated rings. The first kappa shape index (κ1) is 16.1. The van der Waals surface area contributed by atoms with Gasteiger partial charge in [-0.3, -0.25) is 4.79 Å². The fourth-order valence-corrected chi connectivity index (χ4v) is 2.12. The number of rotatable bonds is 6. The highest BCUT2D eigenvalue weighted by Gasteiger charge is 2.14. The summed E-state index contributed by atoms with van der Waals surface area (Å²) in [7, 11) is 0. The average molecular weight is 297 g/mol. The molecule has 0 aliphatic rings. The summed E-state index contributed by atoms with van der Waals surface area (Å²) in [6, 6.07) is 17.7. The first-order chi connectivity index (χ1) is 10.6. The summed E-state index contributed by atoms with van der Waals surface area (Å²) in [6.45, 7) is 6.57. The summed E-state index contributed by atoms with van der Waals surface area (Å²) in [6.07, 6.45) is -0.520. The van der Waals surface area contributed by atoms with Gasteiger partial charge in [-0.05, 0) is 36.1 Å². The van der Waals surface area contributed by atoms with E-state index < -0.39 is 6.10 Å². The summed E-state index contributed by atoms with van der Waals surface area (Å²) in [5.41, 5.74) is 2.33. The minimum atomic E-state index is -0.520. The van der Waals surface area contributed by atoms with Crippen molar-refractivity contribution in [3.05, 3.63) is 65.7 Å². The molecule has 2 aromatic rings. The van der Waals surface area contributed by atoms with Crippen molar-refractivity contribution in [1.29, 1.82) is 0 Å². The molecule has 0 aliphatic carbocycles. The molecule has 116 valence electrons. The van der Waals surface area contributed by atoms with Gasteiger partial charge in [-0.15, -0.1) is 0 Å². The first-order valence-electron chi connectivity index (χ1n) is 7.64. The van der Waals surface area contributed by atoms with Crippen molar-refractivity contribution in [2.24, 2.45) is 0 Å². The van der Waals surface area contributed by atoms with Crippen molar-refractivity contribution in [3.63, 3.8) is 0 Å². The van der Waals surface area contributed by atoms with Crippen LogP contribution in [-0.4, -0.2) is 12.0 Å². The Balaban J connectivity index is 1.85.